The van der Waals surface area contributed by atoms with E-state index in [-0.39, 0.29) is 16.9 Å². The molecule has 2 aromatic rings. The summed E-state index contributed by atoms with van der Waals surface area (Å²) in [4.78, 5) is 1.32. The molecule has 0 fully saturated rings. The van der Waals surface area contributed by atoms with Crippen LogP contribution in [0.1, 0.15) is 17.0 Å². The summed E-state index contributed by atoms with van der Waals surface area (Å²) in [5.41, 5.74) is 8.68. The fourth-order valence-electron chi connectivity index (χ4n) is 2.62. The minimum absolute atomic E-state index is 0.0210. The maximum absolute atomic E-state index is 13.2. The molecule has 0 aromatic heterocycles. The van der Waals surface area contributed by atoms with Crippen LogP contribution in [-0.4, -0.2) is 11.8 Å². The van der Waals surface area contributed by atoms with Crippen LogP contribution in [0.5, 0.6) is 0 Å². The zero-order chi connectivity index (χ0) is 14.1. The number of fused-ring (bicyclic) bond motifs is 1. The fraction of sp³-hybridized carbons (Fsp3) is 0.250. The second kappa shape index (κ2) is 5.76. The van der Waals surface area contributed by atoms with E-state index in [1.54, 1.807) is 12.1 Å². The Hall–Kier alpha value is -1.03. The predicted molar refractivity (Wildman–Crippen MR) is 83.0 cm³/mol. The molecule has 104 valence electrons. The lowest BCUT2D eigenvalue weighted by molar-refractivity contribution is 0.570. The number of nitrogens with two attached hydrogens (primary N) is 1. The Morgan fingerprint density at radius 3 is 2.90 bits per heavy atom. The van der Waals surface area contributed by atoms with Gasteiger partial charge in [0.15, 0.2) is 0 Å². The van der Waals surface area contributed by atoms with Gasteiger partial charge in [-0.05, 0) is 35.7 Å². The maximum atomic E-state index is 13.2. The second-order valence-corrected chi connectivity index (χ2v) is 6.54. The molecule has 0 bridgehead atoms. The van der Waals surface area contributed by atoms with Gasteiger partial charge >= 0.3 is 0 Å². The normalized spacial score (nSPS) is 18.9. The predicted octanol–water partition coefficient (Wildman–Crippen LogP) is 4.24. The molecule has 2 unspecified atom stereocenters. The Morgan fingerprint density at radius 2 is 2.10 bits per heavy atom. The minimum atomic E-state index is -0.384. The van der Waals surface area contributed by atoms with Crippen LogP contribution in [0.2, 0.25) is 5.02 Å². The summed E-state index contributed by atoms with van der Waals surface area (Å²) in [6, 6.07) is 13.3. The summed E-state index contributed by atoms with van der Waals surface area (Å²) in [6.45, 7) is 0. The quantitative estimate of drug-likeness (QED) is 0.918. The van der Waals surface area contributed by atoms with E-state index in [0.29, 0.717) is 12.3 Å². The maximum Gasteiger partial charge on any atom is 0.141 e. The van der Waals surface area contributed by atoms with E-state index in [9.17, 15) is 4.39 Å². The first-order valence-electron chi connectivity index (χ1n) is 6.56. The van der Waals surface area contributed by atoms with Gasteiger partial charge in [-0.1, -0.05) is 35.9 Å². The Balaban J connectivity index is 1.77. The lowest BCUT2D eigenvalue weighted by Crippen LogP contribution is -2.30. The average Bonchev–Trinajstić information content (AvgIpc) is 2.87. The molecular weight excluding hydrogens is 293 g/mol. The number of rotatable bonds is 3. The highest BCUT2D eigenvalue weighted by Crippen LogP contribution is 2.41. The molecular formula is C16H15ClFNS. The van der Waals surface area contributed by atoms with E-state index in [2.05, 4.69) is 24.3 Å². The van der Waals surface area contributed by atoms with E-state index >= 15 is 0 Å². The molecule has 1 aliphatic heterocycles. The van der Waals surface area contributed by atoms with Crippen molar-refractivity contribution < 1.29 is 4.39 Å². The van der Waals surface area contributed by atoms with Gasteiger partial charge in [-0.3, -0.25) is 0 Å². The van der Waals surface area contributed by atoms with Crippen LogP contribution in [-0.2, 0) is 6.42 Å². The van der Waals surface area contributed by atoms with Crippen molar-refractivity contribution >= 4 is 23.4 Å². The van der Waals surface area contributed by atoms with Crippen LogP contribution < -0.4 is 5.73 Å². The smallest absolute Gasteiger partial charge is 0.141 e. The molecule has 1 nitrogen and oxygen atoms in total. The lowest BCUT2D eigenvalue weighted by Gasteiger charge is -2.20. The average molecular weight is 308 g/mol. The topological polar surface area (TPSA) is 26.0 Å². The van der Waals surface area contributed by atoms with Crippen LogP contribution in [0, 0.1) is 5.82 Å². The minimum Gasteiger partial charge on any atom is -0.327 e. The van der Waals surface area contributed by atoms with Gasteiger partial charge in [-0.2, -0.15) is 0 Å². The number of hydrogen-bond acceptors (Lipinski definition) is 2. The molecule has 0 saturated carbocycles. The Bertz CT molecular complexity index is 632. The van der Waals surface area contributed by atoms with Crippen molar-refractivity contribution in [2.24, 2.45) is 5.73 Å². The summed E-state index contributed by atoms with van der Waals surface area (Å²) >= 11 is 7.67. The highest BCUT2D eigenvalue weighted by atomic mass is 35.5. The van der Waals surface area contributed by atoms with Crippen LogP contribution in [0.4, 0.5) is 4.39 Å². The second-order valence-electron chi connectivity index (χ2n) is 5.07. The van der Waals surface area contributed by atoms with Gasteiger partial charge in [-0.15, -0.1) is 11.8 Å². The molecule has 0 saturated heterocycles. The zero-order valence-electron chi connectivity index (χ0n) is 10.9. The van der Waals surface area contributed by atoms with Gasteiger partial charge < -0.3 is 5.73 Å². The molecule has 0 amide bonds. The van der Waals surface area contributed by atoms with Gasteiger partial charge in [0.2, 0.25) is 0 Å². The Labute approximate surface area is 127 Å². The van der Waals surface area contributed by atoms with Gasteiger partial charge in [0, 0.05) is 22.6 Å². The zero-order valence-corrected chi connectivity index (χ0v) is 12.4. The van der Waals surface area contributed by atoms with E-state index in [1.165, 1.54) is 16.5 Å². The van der Waals surface area contributed by atoms with Crippen LogP contribution in [0.25, 0.3) is 0 Å². The number of halogens is 2. The first-order chi connectivity index (χ1) is 9.65. The standard InChI is InChI=1S/C16H15ClFNS/c17-13-7-10(5-6-14(13)18)8-15(19)12-9-20-16-4-2-1-3-11(12)16/h1-7,12,15H,8-9,19H2. The van der Waals surface area contributed by atoms with Crippen LogP contribution in [0.15, 0.2) is 47.4 Å². The van der Waals surface area contributed by atoms with Gasteiger partial charge in [0.05, 0.1) is 5.02 Å². The van der Waals surface area contributed by atoms with Crippen molar-refractivity contribution in [3.05, 3.63) is 64.4 Å². The third-order valence-electron chi connectivity index (χ3n) is 3.71. The highest BCUT2D eigenvalue weighted by molar-refractivity contribution is 7.99. The molecule has 0 radical (unpaired) electrons. The summed E-state index contributed by atoms with van der Waals surface area (Å²) in [6.07, 6.45) is 0.708. The summed E-state index contributed by atoms with van der Waals surface area (Å²) in [5.74, 6) is 0.973. The molecule has 0 aliphatic carbocycles. The van der Waals surface area contributed by atoms with Crippen LogP contribution in [0.3, 0.4) is 0 Å². The summed E-state index contributed by atoms with van der Waals surface area (Å²) in [7, 11) is 0. The van der Waals surface area contributed by atoms with E-state index < -0.39 is 0 Å². The fourth-order valence-corrected chi connectivity index (χ4v) is 4.17. The van der Waals surface area contributed by atoms with Crippen molar-refractivity contribution in [1.82, 2.24) is 0 Å². The Kier molecular flexibility index (Phi) is 4.01. The number of benzene rings is 2. The molecule has 1 heterocycles. The van der Waals surface area contributed by atoms with E-state index in [0.717, 1.165) is 11.3 Å². The van der Waals surface area contributed by atoms with Gasteiger partial charge in [-0.25, -0.2) is 4.39 Å². The number of hydrogen-bond donors (Lipinski definition) is 1. The SMILES string of the molecule is NC(Cc1ccc(F)c(Cl)c1)C1CSc2ccccc21. The van der Waals surface area contributed by atoms with Crippen LogP contribution >= 0.6 is 23.4 Å². The molecule has 2 atom stereocenters. The largest absolute Gasteiger partial charge is 0.327 e. The van der Waals surface area contributed by atoms with Crippen molar-refractivity contribution in [3.8, 4) is 0 Å². The Morgan fingerprint density at radius 1 is 1.30 bits per heavy atom. The van der Waals surface area contributed by atoms with Crippen molar-refractivity contribution in [1.29, 1.82) is 0 Å². The first-order valence-corrected chi connectivity index (χ1v) is 7.93. The molecule has 2 aromatic carbocycles. The highest BCUT2D eigenvalue weighted by Gasteiger charge is 2.28. The van der Waals surface area contributed by atoms with Crippen molar-refractivity contribution in [2.75, 3.05) is 5.75 Å². The summed E-state index contributed by atoms with van der Waals surface area (Å²) < 4.78 is 13.2. The monoisotopic (exact) mass is 307 g/mol. The van der Waals surface area contributed by atoms with Gasteiger partial charge in [0.25, 0.3) is 0 Å². The molecule has 20 heavy (non-hydrogen) atoms. The molecule has 0 spiro atoms. The summed E-state index contributed by atoms with van der Waals surface area (Å²) in [5, 5.41) is 0.163. The van der Waals surface area contributed by atoms with E-state index in [4.69, 9.17) is 17.3 Å². The molecule has 3 rings (SSSR count). The van der Waals surface area contributed by atoms with Crippen molar-refractivity contribution in [3.63, 3.8) is 0 Å². The van der Waals surface area contributed by atoms with Gasteiger partial charge in [0.1, 0.15) is 5.82 Å². The molecule has 1 aliphatic rings. The lowest BCUT2D eigenvalue weighted by atomic mass is 9.90. The van der Waals surface area contributed by atoms with E-state index in [1.807, 2.05) is 11.8 Å². The molecule has 2 N–H and O–H groups in total. The molecule has 4 heteroatoms. The number of thioether (sulfide) groups is 1. The van der Waals surface area contributed by atoms with Crippen molar-refractivity contribution in [2.45, 2.75) is 23.3 Å². The third kappa shape index (κ3) is 2.71. The first kappa shape index (κ1) is 13.9. The third-order valence-corrected chi connectivity index (χ3v) is 5.21.